The summed E-state index contributed by atoms with van der Waals surface area (Å²) >= 11 is 0. The highest BCUT2D eigenvalue weighted by atomic mass is 16.5. The molecule has 0 radical (unpaired) electrons. The number of anilines is 1. The lowest BCUT2D eigenvalue weighted by atomic mass is 9.93. The van der Waals surface area contributed by atoms with Gasteiger partial charge in [-0.25, -0.2) is 0 Å². The summed E-state index contributed by atoms with van der Waals surface area (Å²) in [4.78, 5) is 2.56. The van der Waals surface area contributed by atoms with Crippen LogP contribution < -0.4 is 15.0 Å². The summed E-state index contributed by atoms with van der Waals surface area (Å²) < 4.78 is 5.67. The van der Waals surface area contributed by atoms with Crippen molar-refractivity contribution in [3.63, 3.8) is 0 Å². The molecule has 118 valence electrons. The van der Waals surface area contributed by atoms with E-state index < -0.39 is 0 Å². The summed E-state index contributed by atoms with van der Waals surface area (Å²) in [6.07, 6.45) is 0. The number of ether oxygens (including phenoxy) is 1. The van der Waals surface area contributed by atoms with Gasteiger partial charge in [0, 0.05) is 36.9 Å². The Morgan fingerprint density at radius 3 is 2.62 bits per heavy atom. The SMILES string of the molecule is CCOc1cccc(N2CC(C(C)C)NCC2C(C)C)c1. The maximum Gasteiger partial charge on any atom is 0.121 e. The summed E-state index contributed by atoms with van der Waals surface area (Å²) in [7, 11) is 0. The summed E-state index contributed by atoms with van der Waals surface area (Å²) in [6.45, 7) is 14.1. The number of rotatable bonds is 5. The van der Waals surface area contributed by atoms with Gasteiger partial charge >= 0.3 is 0 Å². The van der Waals surface area contributed by atoms with Crippen LogP contribution in [-0.2, 0) is 0 Å². The van der Waals surface area contributed by atoms with Gasteiger partial charge in [0.15, 0.2) is 0 Å². The maximum atomic E-state index is 5.67. The highest BCUT2D eigenvalue weighted by Crippen LogP contribution is 2.28. The van der Waals surface area contributed by atoms with E-state index in [1.165, 1.54) is 5.69 Å². The van der Waals surface area contributed by atoms with E-state index in [9.17, 15) is 0 Å². The lowest BCUT2D eigenvalue weighted by Gasteiger charge is -2.45. The predicted octanol–water partition coefficient (Wildman–Crippen LogP) is 3.54. The van der Waals surface area contributed by atoms with Crippen LogP contribution in [0, 0.1) is 11.8 Å². The highest BCUT2D eigenvalue weighted by molar-refractivity contribution is 5.52. The van der Waals surface area contributed by atoms with Crippen LogP contribution in [0.1, 0.15) is 34.6 Å². The first kappa shape index (κ1) is 16.2. The first-order valence-electron chi connectivity index (χ1n) is 8.25. The summed E-state index contributed by atoms with van der Waals surface area (Å²) in [5, 5.41) is 3.72. The fraction of sp³-hybridized carbons (Fsp3) is 0.667. The lowest BCUT2D eigenvalue weighted by molar-refractivity contribution is 0.295. The normalized spacial score (nSPS) is 22.9. The molecule has 3 heteroatoms. The Balaban J connectivity index is 2.24. The van der Waals surface area contributed by atoms with Crippen molar-refractivity contribution in [1.29, 1.82) is 0 Å². The van der Waals surface area contributed by atoms with Gasteiger partial charge in [0.25, 0.3) is 0 Å². The van der Waals surface area contributed by atoms with Crippen LogP contribution in [-0.4, -0.2) is 31.8 Å². The van der Waals surface area contributed by atoms with Crippen LogP contribution >= 0.6 is 0 Å². The molecule has 1 aliphatic heterocycles. The predicted molar refractivity (Wildman–Crippen MR) is 90.2 cm³/mol. The van der Waals surface area contributed by atoms with Gasteiger partial charge < -0.3 is 15.0 Å². The zero-order valence-electron chi connectivity index (χ0n) is 14.1. The third-order valence-corrected chi connectivity index (χ3v) is 4.42. The zero-order chi connectivity index (χ0) is 15.4. The van der Waals surface area contributed by atoms with Gasteiger partial charge in [-0.1, -0.05) is 33.8 Å². The molecule has 1 N–H and O–H groups in total. The minimum Gasteiger partial charge on any atom is -0.494 e. The highest BCUT2D eigenvalue weighted by Gasteiger charge is 2.31. The Bertz CT molecular complexity index is 445. The zero-order valence-corrected chi connectivity index (χ0v) is 14.1. The van der Waals surface area contributed by atoms with Gasteiger partial charge in [0.1, 0.15) is 5.75 Å². The van der Waals surface area contributed by atoms with Gasteiger partial charge in [-0.3, -0.25) is 0 Å². The molecule has 2 atom stereocenters. The largest absolute Gasteiger partial charge is 0.494 e. The quantitative estimate of drug-likeness (QED) is 0.897. The Labute approximate surface area is 129 Å². The van der Waals surface area contributed by atoms with Crippen molar-refractivity contribution in [3.05, 3.63) is 24.3 Å². The van der Waals surface area contributed by atoms with Crippen LogP contribution in [0.3, 0.4) is 0 Å². The lowest BCUT2D eigenvalue weighted by Crippen LogP contribution is -2.60. The maximum absolute atomic E-state index is 5.67. The van der Waals surface area contributed by atoms with Gasteiger partial charge in [0.2, 0.25) is 0 Å². The smallest absolute Gasteiger partial charge is 0.121 e. The van der Waals surface area contributed by atoms with E-state index in [4.69, 9.17) is 4.74 Å². The molecule has 0 bridgehead atoms. The van der Waals surface area contributed by atoms with E-state index in [0.29, 0.717) is 30.5 Å². The fourth-order valence-corrected chi connectivity index (χ4v) is 3.05. The molecule has 0 saturated carbocycles. The number of piperazine rings is 1. The van der Waals surface area contributed by atoms with Crippen molar-refractivity contribution in [2.45, 2.75) is 46.7 Å². The molecule has 1 saturated heterocycles. The van der Waals surface area contributed by atoms with E-state index in [0.717, 1.165) is 18.8 Å². The van der Waals surface area contributed by atoms with Crippen molar-refractivity contribution in [3.8, 4) is 5.75 Å². The molecular weight excluding hydrogens is 260 g/mol. The van der Waals surface area contributed by atoms with Crippen molar-refractivity contribution in [2.75, 3.05) is 24.6 Å². The van der Waals surface area contributed by atoms with Crippen molar-refractivity contribution >= 4 is 5.69 Å². The number of nitrogens with zero attached hydrogens (tertiary/aromatic N) is 1. The molecule has 21 heavy (non-hydrogen) atoms. The van der Waals surface area contributed by atoms with Crippen molar-refractivity contribution in [2.24, 2.45) is 11.8 Å². The first-order valence-corrected chi connectivity index (χ1v) is 8.25. The second-order valence-electron chi connectivity index (χ2n) is 6.65. The third kappa shape index (κ3) is 3.91. The molecule has 2 unspecified atom stereocenters. The number of nitrogens with one attached hydrogen (secondary N) is 1. The van der Waals surface area contributed by atoms with E-state index in [1.54, 1.807) is 0 Å². The van der Waals surface area contributed by atoms with Crippen molar-refractivity contribution in [1.82, 2.24) is 5.32 Å². The number of benzene rings is 1. The summed E-state index contributed by atoms with van der Waals surface area (Å²) in [5.41, 5.74) is 1.28. The molecule has 0 spiro atoms. The number of hydrogen-bond acceptors (Lipinski definition) is 3. The van der Waals surface area contributed by atoms with Gasteiger partial charge in [-0.15, -0.1) is 0 Å². The molecule has 1 heterocycles. The minimum atomic E-state index is 0.539. The minimum absolute atomic E-state index is 0.539. The molecule has 3 nitrogen and oxygen atoms in total. The molecule has 1 aromatic carbocycles. The first-order chi connectivity index (χ1) is 10.0. The molecular formula is C18H30N2O. The standard InChI is InChI=1S/C18H30N2O/c1-6-21-16-9-7-8-15(10-16)20-12-17(13(2)3)19-11-18(20)14(4)5/h7-10,13-14,17-19H,6,11-12H2,1-5H3. The van der Waals surface area contributed by atoms with Crippen LogP contribution in [0.25, 0.3) is 0 Å². The molecule has 1 fully saturated rings. The topological polar surface area (TPSA) is 24.5 Å². The van der Waals surface area contributed by atoms with Crippen molar-refractivity contribution < 1.29 is 4.74 Å². The van der Waals surface area contributed by atoms with E-state index in [1.807, 2.05) is 13.0 Å². The second kappa shape index (κ2) is 7.17. The summed E-state index contributed by atoms with van der Waals surface area (Å²) in [6, 6.07) is 9.62. The molecule has 0 aromatic heterocycles. The average Bonchev–Trinajstić information content (AvgIpc) is 2.47. The second-order valence-corrected chi connectivity index (χ2v) is 6.65. The van der Waals surface area contributed by atoms with Gasteiger partial charge in [-0.2, -0.15) is 0 Å². The monoisotopic (exact) mass is 290 g/mol. The van der Waals surface area contributed by atoms with Crippen LogP contribution in [0.15, 0.2) is 24.3 Å². The van der Waals surface area contributed by atoms with E-state index in [-0.39, 0.29) is 0 Å². The molecule has 0 amide bonds. The molecule has 2 rings (SSSR count). The Hall–Kier alpha value is -1.22. The van der Waals surface area contributed by atoms with Crippen LogP contribution in [0.2, 0.25) is 0 Å². The molecule has 1 aromatic rings. The Kier molecular flexibility index (Phi) is 5.51. The Morgan fingerprint density at radius 2 is 2.00 bits per heavy atom. The van der Waals surface area contributed by atoms with Crippen LogP contribution in [0.5, 0.6) is 5.75 Å². The average molecular weight is 290 g/mol. The molecule has 0 aliphatic carbocycles. The van der Waals surface area contributed by atoms with Gasteiger partial charge in [-0.05, 0) is 30.9 Å². The summed E-state index contributed by atoms with van der Waals surface area (Å²) in [5.74, 6) is 2.24. The van der Waals surface area contributed by atoms with E-state index >= 15 is 0 Å². The van der Waals surface area contributed by atoms with E-state index in [2.05, 4.69) is 56.1 Å². The number of hydrogen-bond donors (Lipinski definition) is 1. The molecule has 1 aliphatic rings. The van der Waals surface area contributed by atoms with Crippen LogP contribution in [0.4, 0.5) is 5.69 Å². The fourth-order valence-electron chi connectivity index (χ4n) is 3.05. The Morgan fingerprint density at radius 1 is 1.24 bits per heavy atom. The third-order valence-electron chi connectivity index (χ3n) is 4.42. The van der Waals surface area contributed by atoms with Gasteiger partial charge in [0.05, 0.1) is 6.61 Å².